The maximum atomic E-state index is 11.1. The third kappa shape index (κ3) is 3.92. The fraction of sp³-hybridized carbons (Fsp3) is 0.308. The molecule has 0 saturated heterocycles. The van der Waals surface area contributed by atoms with Gasteiger partial charge in [0.15, 0.2) is 0 Å². The number of benzene rings is 1. The van der Waals surface area contributed by atoms with Crippen LogP contribution in [-0.4, -0.2) is 36.3 Å². The Labute approximate surface area is 116 Å². The van der Waals surface area contributed by atoms with Gasteiger partial charge in [-0.2, -0.15) is 0 Å². The summed E-state index contributed by atoms with van der Waals surface area (Å²) in [6.45, 7) is -0.0982. The van der Waals surface area contributed by atoms with Gasteiger partial charge in [0.05, 0.1) is 17.9 Å². The first-order valence-corrected chi connectivity index (χ1v) is 8.84. The molecule has 0 aliphatic carbocycles. The van der Waals surface area contributed by atoms with Crippen molar-refractivity contribution in [3.8, 4) is 0 Å². The molecule has 1 aromatic heterocycles. The van der Waals surface area contributed by atoms with E-state index in [0.717, 1.165) is 16.5 Å². The number of aliphatic hydroxyl groups is 1. The van der Waals surface area contributed by atoms with E-state index < -0.39 is 9.84 Å². The van der Waals surface area contributed by atoms with Crippen LogP contribution in [0, 0.1) is 0 Å². The first-order chi connectivity index (χ1) is 8.99. The van der Waals surface area contributed by atoms with Crippen molar-refractivity contribution in [3.63, 3.8) is 0 Å². The van der Waals surface area contributed by atoms with Crippen LogP contribution in [0.3, 0.4) is 0 Å². The van der Waals surface area contributed by atoms with Crippen molar-refractivity contribution in [2.24, 2.45) is 0 Å². The fourth-order valence-corrected chi connectivity index (χ4v) is 3.88. The molecular formula is C13H15NO3S2. The molecule has 0 unspecified atom stereocenters. The Bertz CT molecular complexity index is 683. The second kappa shape index (κ2) is 5.90. The van der Waals surface area contributed by atoms with Crippen LogP contribution >= 0.6 is 11.8 Å². The van der Waals surface area contributed by atoms with Gasteiger partial charge in [-0.1, -0.05) is 18.2 Å². The number of aromatic nitrogens is 1. The topological polar surface area (TPSA) is 67.3 Å². The summed E-state index contributed by atoms with van der Waals surface area (Å²) in [7, 11) is -2.97. The van der Waals surface area contributed by atoms with E-state index in [1.54, 1.807) is 0 Å². The molecule has 2 aromatic rings. The summed E-state index contributed by atoms with van der Waals surface area (Å²) in [5.41, 5.74) is 1.58. The molecule has 2 rings (SSSR count). The monoisotopic (exact) mass is 297 g/mol. The van der Waals surface area contributed by atoms with Crippen LogP contribution in [0.1, 0.15) is 5.56 Å². The van der Waals surface area contributed by atoms with Gasteiger partial charge in [-0.05, 0) is 12.1 Å². The van der Waals surface area contributed by atoms with E-state index in [1.807, 2.05) is 30.3 Å². The smallest absolute Gasteiger partial charge is 0.148 e. The Hall–Kier alpha value is -1.11. The number of fused-ring (bicyclic) bond motifs is 1. The Morgan fingerprint density at radius 1 is 1.32 bits per heavy atom. The number of para-hydroxylation sites is 1. The van der Waals surface area contributed by atoms with Crippen LogP contribution < -0.4 is 0 Å². The molecule has 19 heavy (non-hydrogen) atoms. The quantitative estimate of drug-likeness (QED) is 0.853. The van der Waals surface area contributed by atoms with E-state index in [0.29, 0.717) is 10.8 Å². The predicted octanol–water partition coefficient (Wildman–Crippen LogP) is 1.86. The van der Waals surface area contributed by atoms with Crippen molar-refractivity contribution >= 4 is 32.5 Å². The van der Waals surface area contributed by atoms with Crippen molar-refractivity contribution in [1.82, 2.24) is 4.98 Å². The van der Waals surface area contributed by atoms with Crippen molar-refractivity contribution < 1.29 is 13.5 Å². The van der Waals surface area contributed by atoms with Crippen LogP contribution in [0.2, 0.25) is 0 Å². The minimum atomic E-state index is -2.97. The standard InChI is InChI=1S/C13H15NO3S2/c1-19(16,17)7-6-18-13-11(9-15)8-10-4-2-3-5-12(10)14-13/h2-5,8,15H,6-7,9H2,1H3. The molecule has 0 saturated carbocycles. The summed E-state index contributed by atoms with van der Waals surface area (Å²) in [6.07, 6.45) is 1.22. The van der Waals surface area contributed by atoms with E-state index in [2.05, 4.69) is 4.98 Å². The Morgan fingerprint density at radius 2 is 2.05 bits per heavy atom. The molecule has 0 atom stereocenters. The largest absolute Gasteiger partial charge is 0.392 e. The van der Waals surface area contributed by atoms with Gasteiger partial charge in [0, 0.05) is 23.0 Å². The van der Waals surface area contributed by atoms with E-state index in [4.69, 9.17) is 0 Å². The Morgan fingerprint density at radius 3 is 2.74 bits per heavy atom. The van der Waals surface area contributed by atoms with Crippen LogP contribution in [0.4, 0.5) is 0 Å². The van der Waals surface area contributed by atoms with Gasteiger partial charge in [-0.3, -0.25) is 0 Å². The normalized spacial score (nSPS) is 11.9. The van der Waals surface area contributed by atoms with Gasteiger partial charge < -0.3 is 5.11 Å². The van der Waals surface area contributed by atoms with Crippen molar-refractivity contribution in [1.29, 1.82) is 0 Å². The lowest BCUT2D eigenvalue weighted by Crippen LogP contribution is -2.05. The molecule has 0 amide bonds. The molecule has 102 valence electrons. The number of nitrogens with zero attached hydrogens (tertiary/aromatic N) is 1. The number of thioether (sulfide) groups is 1. The molecule has 0 spiro atoms. The molecule has 0 fully saturated rings. The van der Waals surface area contributed by atoms with Gasteiger partial charge in [-0.25, -0.2) is 13.4 Å². The lowest BCUT2D eigenvalue weighted by atomic mass is 10.2. The second-order valence-corrected chi connectivity index (χ2v) is 7.63. The second-order valence-electron chi connectivity index (χ2n) is 4.28. The summed E-state index contributed by atoms with van der Waals surface area (Å²) < 4.78 is 22.2. The highest BCUT2D eigenvalue weighted by atomic mass is 32.2. The molecule has 0 bridgehead atoms. The molecule has 1 aromatic carbocycles. The van der Waals surface area contributed by atoms with Gasteiger partial charge in [0.2, 0.25) is 0 Å². The maximum Gasteiger partial charge on any atom is 0.148 e. The highest BCUT2D eigenvalue weighted by molar-refractivity contribution is 8.00. The minimum Gasteiger partial charge on any atom is -0.392 e. The van der Waals surface area contributed by atoms with Crippen LogP contribution in [-0.2, 0) is 16.4 Å². The number of aliphatic hydroxyl groups excluding tert-OH is 1. The lowest BCUT2D eigenvalue weighted by Gasteiger charge is -2.08. The molecule has 1 heterocycles. The number of pyridine rings is 1. The number of hydrogen-bond acceptors (Lipinski definition) is 5. The third-order valence-electron chi connectivity index (χ3n) is 2.63. The van der Waals surface area contributed by atoms with Crippen molar-refractivity contribution in [3.05, 3.63) is 35.9 Å². The summed E-state index contributed by atoms with van der Waals surface area (Å²) >= 11 is 1.36. The van der Waals surface area contributed by atoms with E-state index >= 15 is 0 Å². The molecule has 6 heteroatoms. The number of rotatable bonds is 5. The molecular weight excluding hydrogens is 282 g/mol. The fourth-order valence-electron chi connectivity index (χ4n) is 1.67. The first-order valence-electron chi connectivity index (χ1n) is 5.79. The number of sulfone groups is 1. The highest BCUT2D eigenvalue weighted by Crippen LogP contribution is 2.25. The van der Waals surface area contributed by atoms with Crippen LogP contribution in [0.5, 0.6) is 0 Å². The average Bonchev–Trinajstić information content (AvgIpc) is 2.36. The van der Waals surface area contributed by atoms with Gasteiger partial charge >= 0.3 is 0 Å². The first kappa shape index (κ1) is 14.3. The van der Waals surface area contributed by atoms with Crippen molar-refractivity contribution in [2.75, 3.05) is 17.8 Å². The van der Waals surface area contributed by atoms with E-state index in [1.165, 1.54) is 18.0 Å². The zero-order valence-corrected chi connectivity index (χ0v) is 12.2. The molecule has 0 aliphatic heterocycles. The van der Waals surface area contributed by atoms with Gasteiger partial charge in [-0.15, -0.1) is 11.8 Å². The zero-order valence-electron chi connectivity index (χ0n) is 10.5. The van der Waals surface area contributed by atoms with Crippen molar-refractivity contribution in [2.45, 2.75) is 11.6 Å². The molecule has 0 aliphatic rings. The van der Waals surface area contributed by atoms with E-state index in [-0.39, 0.29) is 12.4 Å². The number of hydrogen-bond donors (Lipinski definition) is 1. The summed E-state index contributed by atoms with van der Waals surface area (Å²) in [4.78, 5) is 4.47. The predicted molar refractivity (Wildman–Crippen MR) is 78.1 cm³/mol. The highest BCUT2D eigenvalue weighted by Gasteiger charge is 2.09. The molecule has 0 radical (unpaired) electrons. The lowest BCUT2D eigenvalue weighted by molar-refractivity contribution is 0.278. The average molecular weight is 297 g/mol. The van der Waals surface area contributed by atoms with Gasteiger partial charge in [0.25, 0.3) is 0 Å². The maximum absolute atomic E-state index is 11.1. The van der Waals surface area contributed by atoms with Crippen LogP contribution in [0.25, 0.3) is 10.9 Å². The molecule has 1 N–H and O–H groups in total. The summed E-state index contributed by atoms with van der Waals surface area (Å²) in [5.74, 6) is 0.550. The minimum absolute atomic E-state index is 0.0982. The zero-order chi connectivity index (χ0) is 13.9. The SMILES string of the molecule is CS(=O)(=O)CCSc1nc2ccccc2cc1CO. The Kier molecular flexibility index (Phi) is 4.44. The van der Waals surface area contributed by atoms with Gasteiger partial charge in [0.1, 0.15) is 14.9 Å². The summed E-state index contributed by atoms with van der Waals surface area (Å²) in [6, 6.07) is 9.55. The third-order valence-corrected chi connectivity index (χ3v) is 4.87. The Balaban J connectivity index is 2.26. The molecule has 4 nitrogen and oxygen atoms in total. The summed E-state index contributed by atoms with van der Waals surface area (Å²) in [5, 5.41) is 11.0. The van der Waals surface area contributed by atoms with Crippen LogP contribution in [0.15, 0.2) is 35.4 Å². The van der Waals surface area contributed by atoms with E-state index in [9.17, 15) is 13.5 Å².